The third kappa shape index (κ3) is 5.95. The molecular weight excluding hydrogens is 368 g/mol. The van der Waals surface area contributed by atoms with Gasteiger partial charge in [-0.05, 0) is 0 Å². The van der Waals surface area contributed by atoms with E-state index in [-0.39, 0.29) is 6.29 Å². The Balaban J connectivity index is 5.06. The number of aldehydes is 1. The lowest BCUT2D eigenvalue weighted by Gasteiger charge is -2.27. The van der Waals surface area contributed by atoms with Crippen molar-refractivity contribution in [2.45, 2.75) is 48.8 Å². The number of carbonyl (C=O) groups excluding carboxylic acids is 2. The highest BCUT2D eigenvalue weighted by atomic mass is 16.6. The Hall–Kier alpha value is -2.20. The Morgan fingerprint density at radius 1 is 0.654 bits per heavy atom. The Bertz CT molecular complexity index is 520. The molecule has 0 radical (unpaired) electrons. The minimum Gasteiger partial charge on any atom is -0.479 e. The summed E-state index contributed by atoms with van der Waals surface area (Å²) < 4.78 is 4.21. The van der Waals surface area contributed by atoms with Crippen LogP contribution in [0.3, 0.4) is 0 Å². The van der Waals surface area contributed by atoms with Gasteiger partial charge in [-0.25, -0.2) is 14.4 Å². The number of carboxylic acid groups (broad SMARTS) is 2. The highest BCUT2D eigenvalue weighted by molar-refractivity contribution is 5.78. The minimum atomic E-state index is -2.70. The molecule has 0 fully saturated rings. The average molecular weight is 386 g/mol. The molecule has 150 valence electrons. The van der Waals surface area contributed by atoms with E-state index in [0.717, 1.165) is 0 Å². The summed E-state index contributed by atoms with van der Waals surface area (Å²) in [6.07, 6.45) is -20.5. The Kier molecular flexibility index (Phi) is 9.22. The van der Waals surface area contributed by atoms with Crippen molar-refractivity contribution in [3.63, 3.8) is 0 Å². The Morgan fingerprint density at radius 2 is 1.00 bits per heavy atom. The molecule has 0 aromatic carbocycles. The van der Waals surface area contributed by atoms with Crippen molar-refractivity contribution < 1.29 is 69.9 Å². The SMILES string of the molecule is O=C[C@@H](OC(=O)[C@@H](O)[C@H](O)[C@H](O)[C@H](O)C(=O)O)[C@@H](O)[C@@H](O)[C@H](O)C(=O)O. The van der Waals surface area contributed by atoms with Crippen molar-refractivity contribution in [2.24, 2.45) is 0 Å². The number of aliphatic hydroxyl groups is 7. The molecule has 9 N–H and O–H groups in total. The second-order valence-corrected chi connectivity index (χ2v) is 5.01. The first-order chi connectivity index (χ1) is 11.9. The smallest absolute Gasteiger partial charge is 0.338 e. The third-order valence-corrected chi connectivity index (χ3v) is 3.14. The molecule has 26 heavy (non-hydrogen) atoms. The van der Waals surface area contributed by atoms with Crippen LogP contribution in [0.2, 0.25) is 0 Å². The summed E-state index contributed by atoms with van der Waals surface area (Å²) in [5, 5.41) is 82.1. The fourth-order valence-corrected chi connectivity index (χ4v) is 1.57. The van der Waals surface area contributed by atoms with Gasteiger partial charge in [0.05, 0.1) is 0 Å². The number of hydrogen-bond acceptors (Lipinski definition) is 12. The highest BCUT2D eigenvalue weighted by Gasteiger charge is 2.41. The third-order valence-electron chi connectivity index (χ3n) is 3.14. The van der Waals surface area contributed by atoms with Gasteiger partial charge in [0.2, 0.25) is 0 Å². The first kappa shape index (κ1) is 23.8. The van der Waals surface area contributed by atoms with Gasteiger partial charge in [-0.2, -0.15) is 0 Å². The van der Waals surface area contributed by atoms with E-state index in [0.29, 0.717) is 0 Å². The second kappa shape index (κ2) is 10.1. The van der Waals surface area contributed by atoms with Crippen molar-refractivity contribution in [2.75, 3.05) is 0 Å². The van der Waals surface area contributed by atoms with Gasteiger partial charge in [0, 0.05) is 0 Å². The van der Waals surface area contributed by atoms with Crippen molar-refractivity contribution in [1.29, 1.82) is 0 Å². The summed E-state index contributed by atoms with van der Waals surface area (Å²) in [6.45, 7) is 0. The summed E-state index contributed by atoms with van der Waals surface area (Å²) in [4.78, 5) is 43.3. The molecule has 0 amide bonds. The van der Waals surface area contributed by atoms with Gasteiger partial charge in [-0.15, -0.1) is 0 Å². The van der Waals surface area contributed by atoms with Crippen LogP contribution in [-0.2, 0) is 23.9 Å². The van der Waals surface area contributed by atoms with Gasteiger partial charge in [-0.3, -0.25) is 4.79 Å². The van der Waals surface area contributed by atoms with Crippen molar-refractivity contribution in [3.8, 4) is 0 Å². The molecule has 0 bridgehead atoms. The van der Waals surface area contributed by atoms with Gasteiger partial charge in [-0.1, -0.05) is 0 Å². The molecule has 0 heterocycles. The number of aliphatic hydroxyl groups excluding tert-OH is 7. The normalized spacial score (nSPS) is 20.6. The maximum absolute atomic E-state index is 11.6. The van der Waals surface area contributed by atoms with Crippen LogP contribution in [0.15, 0.2) is 0 Å². The lowest BCUT2D eigenvalue weighted by atomic mass is 10.0. The quantitative estimate of drug-likeness (QED) is 0.118. The maximum Gasteiger partial charge on any atom is 0.338 e. The molecule has 0 aliphatic heterocycles. The van der Waals surface area contributed by atoms with Gasteiger partial charge < -0.3 is 50.7 Å². The van der Waals surface area contributed by atoms with Gasteiger partial charge >= 0.3 is 17.9 Å². The topological polar surface area (TPSA) is 260 Å². The number of carbonyl (C=O) groups is 4. The Morgan fingerprint density at radius 3 is 1.35 bits per heavy atom. The van der Waals surface area contributed by atoms with E-state index < -0.39 is 66.7 Å². The van der Waals surface area contributed by atoms with E-state index in [1.54, 1.807) is 0 Å². The molecule has 0 rings (SSSR count). The summed E-state index contributed by atoms with van der Waals surface area (Å²) >= 11 is 0. The van der Waals surface area contributed by atoms with Crippen LogP contribution in [0.1, 0.15) is 0 Å². The number of carboxylic acids is 2. The fourth-order valence-electron chi connectivity index (χ4n) is 1.57. The molecule has 0 saturated carbocycles. The zero-order chi connectivity index (χ0) is 20.8. The molecule has 0 aromatic rings. The van der Waals surface area contributed by atoms with Gasteiger partial charge in [0.1, 0.15) is 24.4 Å². The molecule has 0 saturated heterocycles. The number of hydrogen-bond donors (Lipinski definition) is 9. The summed E-state index contributed by atoms with van der Waals surface area (Å²) in [5.41, 5.74) is 0. The number of ether oxygens (including phenoxy) is 1. The standard InChI is InChI=1S/C12H18O14/c13-1-2(3(14)4(15)7(18)10(21)22)26-12(25)9(20)6(17)5(16)8(19)11(23)24/h1-9,14-20H,(H,21,22)(H,23,24)/t2-,3-,4-,5+,6-,7+,8+,9+/m1/s1. The van der Waals surface area contributed by atoms with Crippen LogP contribution in [-0.4, -0.2) is 119 Å². The monoisotopic (exact) mass is 386 g/mol. The molecular formula is C12H18O14. The Labute approximate surface area is 144 Å². The van der Waals surface area contributed by atoms with Crippen LogP contribution >= 0.6 is 0 Å². The van der Waals surface area contributed by atoms with Crippen molar-refractivity contribution in [3.05, 3.63) is 0 Å². The van der Waals surface area contributed by atoms with E-state index >= 15 is 0 Å². The van der Waals surface area contributed by atoms with Gasteiger partial charge in [0.25, 0.3) is 0 Å². The van der Waals surface area contributed by atoms with E-state index in [1.807, 2.05) is 0 Å². The zero-order valence-electron chi connectivity index (χ0n) is 12.8. The molecule has 0 aliphatic carbocycles. The minimum absolute atomic E-state index is 0.304. The van der Waals surface area contributed by atoms with Crippen LogP contribution in [0.25, 0.3) is 0 Å². The first-order valence-electron chi connectivity index (χ1n) is 6.74. The van der Waals surface area contributed by atoms with E-state index in [1.165, 1.54) is 0 Å². The van der Waals surface area contributed by atoms with Crippen molar-refractivity contribution in [1.82, 2.24) is 0 Å². The lowest BCUT2D eigenvalue weighted by Crippen LogP contribution is -2.53. The number of esters is 1. The van der Waals surface area contributed by atoms with Crippen molar-refractivity contribution >= 4 is 24.2 Å². The van der Waals surface area contributed by atoms with Crippen LogP contribution in [0.4, 0.5) is 0 Å². The maximum atomic E-state index is 11.6. The summed E-state index contributed by atoms with van der Waals surface area (Å²) in [6, 6.07) is 0. The highest BCUT2D eigenvalue weighted by Crippen LogP contribution is 2.12. The lowest BCUT2D eigenvalue weighted by molar-refractivity contribution is -0.189. The molecule has 14 heteroatoms. The molecule has 0 aromatic heterocycles. The predicted molar refractivity (Wildman–Crippen MR) is 73.3 cm³/mol. The van der Waals surface area contributed by atoms with Gasteiger partial charge in [0.15, 0.2) is 30.7 Å². The predicted octanol–water partition coefficient (Wildman–Crippen LogP) is -6.21. The molecule has 0 spiro atoms. The number of aliphatic carboxylic acids is 2. The fraction of sp³-hybridized carbons (Fsp3) is 0.667. The summed E-state index contributed by atoms with van der Waals surface area (Å²) in [7, 11) is 0. The summed E-state index contributed by atoms with van der Waals surface area (Å²) in [5.74, 6) is -5.87. The first-order valence-corrected chi connectivity index (χ1v) is 6.74. The second-order valence-electron chi connectivity index (χ2n) is 5.01. The molecule has 0 unspecified atom stereocenters. The average Bonchev–Trinajstić information content (AvgIpc) is 2.60. The van der Waals surface area contributed by atoms with E-state index in [9.17, 15) is 44.7 Å². The zero-order valence-corrected chi connectivity index (χ0v) is 12.8. The van der Waals surface area contributed by atoms with Crippen LogP contribution < -0.4 is 0 Å². The van der Waals surface area contributed by atoms with E-state index in [2.05, 4.69) is 4.74 Å². The largest absolute Gasteiger partial charge is 0.479 e. The molecule has 0 aliphatic rings. The van der Waals surface area contributed by atoms with Crippen LogP contribution in [0, 0.1) is 0 Å². The molecule has 14 nitrogen and oxygen atoms in total. The molecule has 8 atom stereocenters. The van der Waals surface area contributed by atoms with E-state index in [4.69, 9.17) is 20.4 Å². The number of rotatable bonds is 11. The van der Waals surface area contributed by atoms with Crippen LogP contribution in [0.5, 0.6) is 0 Å².